The van der Waals surface area contributed by atoms with E-state index in [1.807, 2.05) is 44.2 Å². The Hall–Kier alpha value is -1.44. The lowest BCUT2D eigenvalue weighted by Gasteiger charge is -2.04. The van der Waals surface area contributed by atoms with Crippen molar-refractivity contribution in [2.75, 3.05) is 39.6 Å². The van der Waals surface area contributed by atoms with Crippen LogP contribution < -0.4 is 9.67 Å². The number of ether oxygens (including phenoxy) is 3. The summed E-state index contributed by atoms with van der Waals surface area (Å²) in [5.41, 5.74) is 0. The van der Waals surface area contributed by atoms with Crippen LogP contribution in [0.4, 0.5) is 0 Å². The molecule has 0 spiro atoms. The summed E-state index contributed by atoms with van der Waals surface area (Å²) in [4.78, 5) is 9.87. The summed E-state index contributed by atoms with van der Waals surface area (Å²) >= 11 is 0. The third-order valence-corrected chi connectivity index (χ3v) is 2.55. The molecule has 0 saturated carbocycles. The number of carbonyl (C=O) groups is 1. The zero-order chi connectivity index (χ0) is 16.6. The highest BCUT2D eigenvalue weighted by atomic mass is 16.5. The van der Waals surface area contributed by atoms with Crippen molar-refractivity contribution in [1.82, 2.24) is 4.57 Å². The number of carboxylic acids is 1. The number of imidazole rings is 1. The average Bonchev–Trinajstić information content (AvgIpc) is 2.89. The van der Waals surface area contributed by atoms with Gasteiger partial charge < -0.3 is 24.1 Å². The van der Waals surface area contributed by atoms with Crippen LogP contribution in [0.15, 0.2) is 18.7 Å². The van der Waals surface area contributed by atoms with Crippen LogP contribution in [-0.4, -0.2) is 50.2 Å². The number of carbonyl (C=O) groups excluding carboxylic acids is 1. The first-order chi connectivity index (χ1) is 10.6. The van der Waals surface area contributed by atoms with Gasteiger partial charge in [-0.25, -0.2) is 9.13 Å². The molecule has 0 saturated heterocycles. The van der Waals surface area contributed by atoms with Gasteiger partial charge >= 0.3 is 0 Å². The van der Waals surface area contributed by atoms with Gasteiger partial charge in [0.1, 0.15) is 18.9 Å². The molecule has 1 heterocycles. The Morgan fingerprint density at radius 3 is 2.27 bits per heavy atom. The second-order valence-electron chi connectivity index (χ2n) is 4.45. The van der Waals surface area contributed by atoms with Crippen molar-refractivity contribution in [1.29, 1.82) is 0 Å². The Labute approximate surface area is 132 Å². The number of aliphatic carboxylic acids is 1. The molecule has 0 unspecified atom stereocenters. The van der Waals surface area contributed by atoms with E-state index >= 15 is 0 Å². The topological polar surface area (TPSA) is 76.6 Å². The van der Waals surface area contributed by atoms with Crippen LogP contribution in [0.3, 0.4) is 0 Å². The number of nitrogens with zero attached hydrogens (tertiary/aromatic N) is 2. The molecule has 0 amide bonds. The Morgan fingerprint density at radius 1 is 1.09 bits per heavy atom. The summed E-state index contributed by atoms with van der Waals surface area (Å²) in [7, 11) is 2.01. The summed E-state index contributed by atoms with van der Waals surface area (Å²) in [6, 6.07) is 0. The summed E-state index contributed by atoms with van der Waals surface area (Å²) in [6.45, 7) is 8.26. The summed E-state index contributed by atoms with van der Waals surface area (Å²) in [5, 5.41) is 9.87. The first kappa shape index (κ1) is 20.6. The second-order valence-corrected chi connectivity index (χ2v) is 4.45. The van der Waals surface area contributed by atoms with Crippen LogP contribution in [0.5, 0.6) is 0 Å². The van der Waals surface area contributed by atoms with Crippen LogP contribution in [-0.2, 0) is 32.6 Å². The maximum atomic E-state index is 9.87. The van der Waals surface area contributed by atoms with Gasteiger partial charge in [0.15, 0.2) is 0 Å². The van der Waals surface area contributed by atoms with E-state index in [-0.39, 0.29) is 13.0 Å². The standard InChI is InChI=1S/C8H15N2O.C7H14O4/c1-3-11-7-6-10-5-4-9(2)8-10;1-2-10-5-6-11-4-3-7(8)9/h4-5,8H,3,6-7H2,1-2H3;2-6H2,1H3,(H,8,9)/q+1;/p-1. The largest absolute Gasteiger partial charge is 0.550 e. The maximum Gasteiger partial charge on any atom is 0.243 e. The fourth-order valence-corrected chi connectivity index (χ4v) is 1.47. The highest BCUT2D eigenvalue weighted by molar-refractivity contribution is 5.64. The van der Waals surface area contributed by atoms with Crippen LogP contribution in [0.2, 0.25) is 0 Å². The Kier molecular flexibility index (Phi) is 13.5. The molecule has 0 atom stereocenters. The van der Waals surface area contributed by atoms with Gasteiger partial charge in [-0.2, -0.15) is 0 Å². The molecule has 0 fully saturated rings. The molecule has 0 aliphatic heterocycles. The Bertz CT molecular complexity index is 382. The van der Waals surface area contributed by atoms with E-state index in [1.165, 1.54) is 0 Å². The molecular weight excluding hydrogens is 288 g/mol. The van der Waals surface area contributed by atoms with E-state index in [4.69, 9.17) is 14.2 Å². The summed E-state index contributed by atoms with van der Waals surface area (Å²) in [5.74, 6) is -1.08. The van der Waals surface area contributed by atoms with Crippen LogP contribution in [0.25, 0.3) is 0 Å². The molecule has 1 aromatic rings. The molecule has 1 rings (SSSR count). The lowest BCUT2D eigenvalue weighted by Crippen LogP contribution is -2.33. The molecule has 7 nitrogen and oxygen atoms in total. The van der Waals surface area contributed by atoms with E-state index in [0.717, 1.165) is 19.8 Å². The van der Waals surface area contributed by atoms with Gasteiger partial charge in [0, 0.05) is 25.6 Å². The van der Waals surface area contributed by atoms with E-state index in [0.29, 0.717) is 19.8 Å². The molecule has 0 radical (unpaired) electrons. The Balaban J connectivity index is 0.000000401. The predicted molar refractivity (Wildman–Crippen MR) is 79.0 cm³/mol. The van der Waals surface area contributed by atoms with Crippen molar-refractivity contribution in [3.8, 4) is 0 Å². The van der Waals surface area contributed by atoms with E-state index < -0.39 is 5.97 Å². The van der Waals surface area contributed by atoms with Crippen molar-refractivity contribution >= 4 is 5.97 Å². The van der Waals surface area contributed by atoms with Crippen LogP contribution in [0.1, 0.15) is 20.3 Å². The van der Waals surface area contributed by atoms with Crippen molar-refractivity contribution in [2.45, 2.75) is 26.8 Å². The fraction of sp³-hybridized carbons (Fsp3) is 0.733. The quantitative estimate of drug-likeness (QED) is 0.407. The number of carboxylic acid groups (broad SMARTS) is 1. The Morgan fingerprint density at radius 2 is 1.73 bits per heavy atom. The van der Waals surface area contributed by atoms with Gasteiger partial charge in [0.25, 0.3) is 0 Å². The van der Waals surface area contributed by atoms with Gasteiger partial charge in [0.2, 0.25) is 6.33 Å². The number of hydrogen-bond donors (Lipinski definition) is 0. The molecule has 0 N–H and O–H groups in total. The first-order valence-corrected chi connectivity index (χ1v) is 7.54. The third kappa shape index (κ3) is 13.5. The zero-order valence-electron chi connectivity index (χ0n) is 13.8. The second kappa shape index (κ2) is 14.5. The third-order valence-electron chi connectivity index (χ3n) is 2.55. The van der Waals surface area contributed by atoms with Gasteiger partial charge in [-0.3, -0.25) is 0 Å². The van der Waals surface area contributed by atoms with Gasteiger partial charge in [-0.15, -0.1) is 0 Å². The molecule has 22 heavy (non-hydrogen) atoms. The number of rotatable bonds is 11. The minimum absolute atomic E-state index is 0.0495. The molecular formula is C15H28N2O5. The molecule has 1 aromatic heterocycles. The van der Waals surface area contributed by atoms with Crippen molar-refractivity contribution in [3.05, 3.63) is 18.7 Å². The van der Waals surface area contributed by atoms with E-state index in [9.17, 15) is 9.90 Å². The van der Waals surface area contributed by atoms with Crippen LogP contribution in [0, 0.1) is 0 Å². The monoisotopic (exact) mass is 316 g/mol. The molecule has 128 valence electrons. The normalized spacial score (nSPS) is 10.1. The minimum atomic E-state index is -1.08. The van der Waals surface area contributed by atoms with Gasteiger partial charge in [-0.1, -0.05) is 0 Å². The molecule has 7 heteroatoms. The van der Waals surface area contributed by atoms with E-state index in [2.05, 4.69) is 4.57 Å². The number of aromatic nitrogens is 2. The molecule has 0 aromatic carbocycles. The zero-order valence-corrected chi connectivity index (χ0v) is 13.8. The minimum Gasteiger partial charge on any atom is -0.550 e. The summed E-state index contributed by atoms with van der Waals surface area (Å²) < 4.78 is 19.2. The fourth-order valence-electron chi connectivity index (χ4n) is 1.47. The van der Waals surface area contributed by atoms with Gasteiger partial charge in [0.05, 0.1) is 33.5 Å². The van der Waals surface area contributed by atoms with Crippen molar-refractivity contribution in [3.63, 3.8) is 0 Å². The van der Waals surface area contributed by atoms with Crippen molar-refractivity contribution < 1.29 is 28.7 Å². The maximum absolute atomic E-state index is 9.87. The smallest absolute Gasteiger partial charge is 0.243 e. The SMILES string of the molecule is CCOCCOCCC(=O)[O-].CCOCC[n+]1ccn(C)c1. The molecule has 0 aliphatic rings. The van der Waals surface area contributed by atoms with Crippen LogP contribution >= 0.6 is 0 Å². The lowest BCUT2D eigenvalue weighted by molar-refractivity contribution is -0.697. The number of hydrogen-bond acceptors (Lipinski definition) is 5. The molecule has 0 aliphatic carbocycles. The van der Waals surface area contributed by atoms with Crippen molar-refractivity contribution in [2.24, 2.45) is 7.05 Å². The molecule has 0 bridgehead atoms. The average molecular weight is 316 g/mol. The highest BCUT2D eigenvalue weighted by Crippen LogP contribution is 1.81. The first-order valence-electron chi connectivity index (χ1n) is 7.54. The summed E-state index contributed by atoms with van der Waals surface area (Å²) in [6.07, 6.45) is 6.05. The van der Waals surface area contributed by atoms with Gasteiger partial charge in [-0.05, 0) is 13.8 Å². The predicted octanol–water partition coefficient (Wildman–Crippen LogP) is -0.471. The number of aryl methyl sites for hydroxylation is 1. The highest BCUT2D eigenvalue weighted by Gasteiger charge is 1.97. The van der Waals surface area contributed by atoms with E-state index in [1.54, 1.807) is 0 Å². The lowest BCUT2D eigenvalue weighted by atomic mass is 10.5.